The molecule has 1 amide bonds. The van der Waals surface area contributed by atoms with E-state index in [1.165, 1.54) is 12.4 Å². The van der Waals surface area contributed by atoms with Gasteiger partial charge in [-0.3, -0.25) is 4.79 Å². The van der Waals surface area contributed by atoms with Gasteiger partial charge in [0.05, 0.1) is 16.3 Å². The molecule has 0 radical (unpaired) electrons. The number of nitrogens with two attached hydrogens (primary N) is 1. The summed E-state index contributed by atoms with van der Waals surface area (Å²) in [5, 5.41) is 8.63. The Kier molecular flexibility index (Phi) is 7.27. The van der Waals surface area contributed by atoms with Gasteiger partial charge in [-0.25, -0.2) is 14.6 Å². The van der Waals surface area contributed by atoms with Gasteiger partial charge in [0.25, 0.3) is 0 Å². The minimum absolute atomic E-state index is 0.00202. The second-order valence-electron chi connectivity index (χ2n) is 7.90. The Hall–Kier alpha value is -3.66. The van der Waals surface area contributed by atoms with Crippen LogP contribution < -0.4 is 11.1 Å². The van der Waals surface area contributed by atoms with E-state index in [-0.39, 0.29) is 11.9 Å². The first-order valence-electron chi connectivity index (χ1n) is 11.2. The van der Waals surface area contributed by atoms with E-state index < -0.39 is 0 Å². The quantitative estimate of drug-likeness (QED) is 0.288. The average molecular weight is 480 g/mol. The van der Waals surface area contributed by atoms with Crippen LogP contribution in [0.3, 0.4) is 0 Å². The van der Waals surface area contributed by atoms with Crippen molar-refractivity contribution < 1.29 is 9.53 Å². The Bertz CT molecular complexity index is 1240. The van der Waals surface area contributed by atoms with Gasteiger partial charge < -0.3 is 20.7 Å². The maximum Gasteiger partial charge on any atom is 0.246 e. The van der Waals surface area contributed by atoms with E-state index in [4.69, 9.17) is 15.6 Å². The first-order valence-corrected chi connectivity index (χ1v) is 12.0. The third-order valence-electron chi connectivity index (χ3n) is 5.72. The molecule has 178 valence electrons. The number of nitrogen functional groups attached to an aromatic ring is 1. The van der Waals surface area contributed by atoms with Crippen molar-refractivity contribution in [3.05, 3.63) is 60.1 Å². The number of carbonyl (C=O) groups is 1. The van der Waals surface area contributed by atoms with Crippen LogP contribution in [0, 0.1) is 0 Å². The van der Waals surface area contributed by atoms with Crippen LogP contribution in [0.15, 0.2) is 55.2 Å². The zero-order chi connectivity index (χ0) is 24.1. The molecule has 4 heterocycles. The van der Waals surface area contributed by atoms with Gasteiger partial charge in [-0.1, -0.05) is 6.58 Å². The van der Waals surface area contributed by atoms with E-state index in [2.05, 4.69) is 21.9 Å². The summed E-state index contributed by atoms with van der Waals surface area (Å²) in [6.45, 7) is 7.28. The Morgan fingerprint density at radius 1 is 1.41 bits per heavy atom. The van der Waals surface area contributed by atoms with Gasteiger partial charge >= 0.3 is 0 Å². The Morgan fingerprint density at radius 3 is 3.03 bits per heavy atom. The molecule has 0 bridgehead atoms. The predicted molar refractivity (Wildman–Crippen MR) is 135 cm³/mol. The third kappa shape index (κ3) is 4.81. The van der Waals surface area contributed by atoms with Gasteiger partial charge in [0.1, 0.15) is 30.2 Å². The van der Waals surface area contributed by atoms with Crippen molar-refractivity contribution in [3.63, 3.8) is 0 Å². The standard InChI is InChI=1S/C24H29N7O2S/c1-4-17(10-11-26-3)33-14-18-8-9-19(34-18)22-21-23(25)27-15-28-24(21)31(29-22)16-7-6-12-30(13-16)20(32)5-2/h4-5,8-11,15-16,26H,2,6-7,12-14H2,1,3H3,(H2,25,27,28)/b11-10-,17-4+. The highest BCUT2D eigenvalue weighted by atomic mass is 32.1. The minimum Gasteiger partial charge on any atom is -0.488 e. The molecule has 0 aliphatic carbocycles. The van der Waals surface area contributed by atoms with E-state index in [9.17, 15) is 4.79 Å². The molecule has 3 aromatic heterocycles. The number of nitrogens with one attached hydrogen (secondary N) is 1. The largest absolute Gasteiger partial charge is 0.488 e. The minimum atomic E-state index is -0.0662. The fourth-order valence-electron chi connectivity index (χ4n) is 4.04. The smallest absolute Gasteiger partial charge is 0.246 e. The number of rotatable bonds is 8. The molecule has 0 aromatic carbocycles. The van der Waals surface area contributed by atoms with Crippen molar-refractivity contribution >= 4 is 34.1 Å². The normalized spacial score (nSPS) is 16.8. The Morgan fingerprint density at radius 2 is 2.26 bits per heavy atom. The average Bonchev–Trinajstić information content (AvgIpc) is 3.49. The molecule has 3 N–H and O–H groups in total. The van der Waals surface area contributed by atoms with E-state index >= 15 is 0 Å². The molecule has 1 unspecified atom stereocenters. The second kappa shape index (κ2) is 10.5. The number of carbonyl (C=O) groups excluding carboxylic acids is 1. The summed E-state index contributed by atoms with van der Waals surface area (Å²) < 4.78 is 7.81. The summed E-state index contributed by atoms with van der Waals surface area (Å²) in [6, 6.07) is 4.06. The number of thiophene rings is 1. The molecule has 10 heteroatoms. The highest BCUT2D eigenvalue weighted by Crippen LogP contribution is 2.37. The molecular formula is C24H29N7O2S. The monoisotopic (exact) mass is 479 g/mol. The number of nitrogens with zero attached hydrogens (tertiary/aromatic N) is 5. The van der Waals surface area contributed by atoms with Gasteiger partial charge in [-0.15, -0.1) is 11.3 Å². The molecule has 34 heavy (non-hydrogen) atoms. The number of fused-ring (bicyclic) bond motifs is 1. The van der Waals surface area contributed by atoms with Crippen LogP contribution >= 0.6 is 11.3 Å². The number of likely N-dealkylation sites (tertiary alicyclic amines) is 1. The first-order chi connectivity index (χ1) is 16.5. The molecule has 1 fully saturated rings. The van der Waals surface area contributed by atoms with Gasteiger partial charge in [-0.05, 0) is 56.3 Å². The number of ether oxygens (including phenoxy) is 1. The summed E-state index contributed by atoms with van der Waals surface area (Å²) >= 11 is 1.60. The molecule has 1 saturated heterocycles. The molecule has 1 atom stereocenters. The van der Waals surface area contributed by atoms with Gasteiger partial charge in [0, 0.05) is 25.0 Å². The lowest BCUT2D eigenvalue weighted by Gasteiger charge is -2.32. The summed E-state index contributed by atoms with van der Waals surface area (Å²) in [4.78, 5) is 24.7. The molecule has 4 rings (SSSR count). The predicted octanol–water partition coefficient (Wildman–Crippen LogP) is 3.64. The zero-order valence-corrected chi connectivity index (χ0v) is 20.2. The van der Waals surface area contributed by atoms with Crippen molar-refractivity contribution in [2.24, 2.45) is 0 Å². The molecule has 9 nitrogen and oxygen atoms in total. The Balaban J connectivity index is 1.64. The lowest BCUT2D eigenvalue weighted by Crippen LogP contribution is -2.40. The topological polar surface area (TPSA) is 111 Å². The first kappa shape index (κ1) is 23.5. The van der Waals surface area contributed by atoms with Gasteiger partial charge in [0.2, 0.25) is 5.91 Å². The third-order valence-corrected chi connectivity index (χ3v) is 6.79. The molecule has 0 saturated carbocycles. The summed E-state index contributed by atoms with van der Waals surface area (Å²) in [5.74, 6) is 1.11. The fourth-order valence-corrected chi connectivity index (χ4v) is 4.95. The van der Waals surface area contributed by atoms with Gasteiger partial charge in [0.15, 0.2) is 5.65 Å². The van der Waals surface area contributed by atoms with Crippen molar-refractivity contribution in [3.8, 4) is 10.6 Å². The van der Waals surface area contributed by atoms with E-state index in [1.54, 1.807) is 16.2 Å². The lowest BCUT2D eigenvalue weighted by atomic mass is 10.1. The van der Waals surface area contributed by atoms with E-state index in [0.29, 0.717) is 24.6 Å². The Labute approximate surface area is 202 Å². The van der Waals surface area contributed by atoms with E-state index in [1.807, 2.05) is 49.1 Å². The number of piperidine rings is 1. The van der Waals surface area contributed by atoms with Crippen LogP contribution in [0.1, 0.15) is 30.7 Å². The fraction of sp³-hybridized carbons (Fsp3) is 0.333. The van der Waals surface area contributed by atoms with Crippen molar-refractivity contribution in [1.29, 1.82) is 0 Å². The lowest BCUT2D eigenvalue weighted by molar-refractivity contribution is -0.127. The summed E-state index contributed by atoms with van der Waals surface area (Å²) in [7, 11) is 1.84. The van der Waals surface area contributed by atoms with Crippen LogP contribution in [0.2, 0.25) is 0 Å². The maximum atomic E-state index is 12.2. The zero-order valence-electron chi connectivity index (χ0n) is 19.4. The molecular weight excluding hydrogens is 450 g/mol. The highest BCUT2D eigenvalue weighted by molar-refractivity contribution is 7.15. The van der Waals surface area contributed by atoms with Crippen LogP contribution in [0.4, 0.5) is 5.82 Å². The van der Waals surface area contributed by atoms with Crippen LogP contribution in [-0.2, 0) is 16.1 Å². The number of hydrogen-bond donors (Lipinski definition) is 2. The number of aromatic nitrogens is 4. The summed E-state index contributed by atoms with van der Waals surface area (Å²) in [5.41, 5.74) is 7.71. The van der Waals surface area contributed by atoms with Crippen molar-refractivity contribution in [2.75, 3.05) is 25.9 Å². The number of anilines is 1. The summed E-state index contributed by atoms with van der Waals surface area (Å²) in [6.07, 6.45) is 10.2. The second-order valence-corrected chi connectivity index (χ2v) is 9.07. The van der Waals surface area contributed by atoms with Crippen LogP contribution in [0.5, 0.6) is 0 Å². The van der Waals surface area contributed by atoms with Crippen LogP contribution in [0.25, 0.3) is 21.6 Å². The number of allylic oxidation sites excluding steroid dienone is 2. The van der Waals surface area contributed by atoms with Crippen molar-refractivity contribution in [2.45, 2.75) is 32.4 Å². The molecule has 0 spiro atoms. The van der Waals surface area contributed by atoms with E-state index in [0.717, 1.165) is 46.0 Å². The molecule has 1 aliphatic heterocycles. The molecule has 1 aliphatic rings. The number of hydrogen-bond acceptors (Lipinski definition) is 8. The highest BCUT2D eigenvalue weighted by Gasteiger charge is 2.28. The maximum absolute atomic E-state index is 12.2. The van der Waals surface area contributed by atoms with Crippen LogP contribution in [-0.4, -0.2) is 50.7 Å². The molecule has 3 aromatic rings. The van der Waals surface area contributed by atoms with Gasteiger partial charge in [-0.2, -0.15) is 5.10 Å². The van der Waals surface area contributed by atoms with Crippen molar-refractivity contribution in [1.82, 2.24) is 30.0 Å². The SMILES string of the molecule is C=CC(=O)N1CCCC(n2nc(-c3ccc(COC(/C=C\NC)=C/C)s3)c3c(N)ncnc32)C1. The number of amides is 1.